The third-order valence-electron chi connectivity index (χ3n) is 3.41. The lowest BCUT2D eigenvalue weighted by molar-refractivity contribution is -0.150. The van der Waals surface area contributed by atoms with Crippen molar-refractivity contribution in [2.24, 2.45) is 0 Å². The Morgan fingerprint density at radius 2 is 1.45 bits per heavy atom. The lowest BCUT2D eigenvalue weighted by Gasteiger charge is -2.26. The number of ether oxygens (including phenoxy) is 1. The fourth-order valence-corrected chi connectivity index (χ4v) is 2.49. The van der Waals surface area contributed by atoms with E-state index in [1.807, 2.05) is 60.7 Å². The van der Waals surface area contributed by atoms with E-state index in [0.29, 0.717) is 0 Å². The Hall–Kier alpha value is -2.62. The smallest absolute Gasteiger partial charge is 0.304 e. The molecular formula is C18H18O4. The second-order valence-electron chi connectivity index (χ2n) is 5.06. The van der Waals surface area contributed by atoms with Crippen LogP contribution in [0.25, 0.3) is 0 Å². The number of hydrogen-bond acceptors (Lipinski definition) is 3. The molecule has 0 aliphatic carbocycles. The molecule has 0 amide bonds. The summed E-state index contributed by atoms with van der Waals surface area (Å²) in [7, 11) is 0. The zero-order valence-electron chi connectivity index (χ0n) is 12.3. The molecule has 4 heteroatoms. The summed E-state index contributed by atoms with van der Waals surface area (Å²) in [5.41, 5.74) is 1.62. The number of esters is 1. The van der Waals surface area contributed by atoms with Crippen molar-refractivity contribution in [2.75, 3.05) is 0 Å². The molecule has 0 bridgehead atoms. The molecule has 4 nitrogen and oxygen atoms in total. The molecule has 0 unspecified atom stereocenters. The van der Waals surface area contributed by atoms with Gasteiger partial charge < -0.3 is 9.84 Å². The van der Waals surface area contributed by atoms with Gasteiger partial charge in [-0.3, -0.25) is 9.59 Å². The highest BCUT2D eigenvalue weighted by Crippen LogP contribution is 2.36. The minimum atomic E-state index is -0.929. The van der Waals surface area contributed by atoms with Crippen molar-refractivity contribution in [3.05, 3.63) is 71.8 Å². The summed E-state index contributed by atoms with van der Waals surface area (Å²) < 4.78 is 5.45. The van der Waals surface area contributed by atoms with E-state index in [0.717, 1.165) is 11.1 Å². The van der Waals surface area contributed by atoms with Crippen molar-refractivity contribution in [3.8, 4) is 0 Å². The van der Waals surface area contributed by atoms with Crippen molar-refractivity contribution >= 4 is 11.9 Å². The van der Waals surface area contributed by atoms with E-state index in [-0.39, 0.29) is 6.42 Å². The van der Waals surface area contributed by atoms with Crippen LogP contribution in [0, 0.1) is 0 Å². The van der Waals surface area contributed by atoms with E-state index in [9.17, 15) is 14.7 Å². The van der Waals surface area contributed by atoms with Gasteiger partial charge >= 0.3 is 11.9 Å². The van der Waals surface area contributed by atoms with Gasteiger partial charge in [-0.15, -0.1) is 0 Å². The van der Waals surface area contributed by atoms with Gasteiger partial charge in [-0.2, -0.15) is 0 Å². The van der Waals surface area contributed by atoms with Gasteiger partial charge in [0.2, 0.25) is 0 Å². The molecule has 0 saturated carbocycles. The molecule has 1 N–H and O–H groups in total. The minimum Gasteiger partial charge on any atom is -0.481 e. The monoisotopic (exact) mass is 298 g/mol. The molecule has 0 aliphatic rings. The van der Waals surface area contributed by atoms with E-state index in [1.165, 1.54) is 6.92 Å². The van der Waals surface area contributed by atoms with Crippen LogP contribution in [0.5, 0.6) is 0 Å². The van der Waals surface area contributed by atoms with Crippen LogP contribution < -0.4 is 0 Å². The first-order valence-electron chi connectivity index (χ1n) is 7.07. The first-order valence-corrected chi connectivity index (χ1v) is 7.07. The van der Waals surface area contributed by atoms with Crippen LogP contribution in [0.4, 0.5) is 0 Å². The summed E-state index contributed by atoms with van der Waals surface area (Å²) >= 11 is 0. The molecule has 0 heterocycles. The van der Waals surface area contributed by atoms with E-state index < -0.39 is 24.0 Å². The zero-order chi connectivity index (χ0) is 15.9. The minimum absolute atomic E-state index is 0.114. The largest absolute Gasteiger partial charge is 0.481 e. The molecule has 2 aromatic rings. The van der Waals surface area contributed by atoms with Crippen LogP contribution in [-0.4, -0.2) is 17.0 Å². The summed E-state index contributed by atoms with van der Waals surface area (Å²) in [5, 5.41) is 9.23. The molecule has 0 aromatic heterocycles. The van der Waals surface area contributed by atoms with Gasteiger partial charge in [0.25, 0.3) is 0 Å². The third kappa shape index (κ3) is 4.19. The topological polar surface area (TPSA) is 63.6 Å². The molecule has 2 aromatic carbocycles. The van der Waals surface area contributed by atoms with Gasteiger partial charge in [0.05, 0.1) is 6.42 Å². The number of hydrogen-bond donors (Lipinski definition) is 1. The molecule has 0 spiro atoms. The lowest BCUT2D eigenvalue weighted by Crippen LogP contribution is -2.20. The second kappa shape index (κ2) is 7.41. The fourth-order valence-electron chi connectivity index (χ4n) is 2.49. The Labute approximate surface area is 129 Å². The highest BCUT2D eigenvalue weighted by Gasteiger charge is 2.29. The summed E-state index contributed by atoms with van der Waals surface area (Å²) in [5.74, 6) is -1.80. The van der Waals surface area contributed by atoms with Crippen molar-refractivity contribution in [1.29, 1.82) is 0 Å². The van der Waals surface area contributed by atoms with Crippen LogP contribution >= 0.6 is 0 Å². The number of benzene rings is 2. The first-order chi connectivity index (χ1) is 10.6. The number of carbonyl (C=O) groups is 2. The first kappa shape index (κ1) is 15.8. The Morgan fingerprint density at radius 3 is 1.91 bits per heavy atom. The molecule has 0 radical (unpaired) electrons. The maximum absolute atomic E-state index is 11.5. The SMILES string of the molecule is CC(=O)O[C@H](c1ccccc1)[C@@H](CC(=O)O)c1ccccc1. The summed E-state index contributed by atoms with van der Waals surface area (Å²) in [4.78, 5) is 22.7. The summed E-state index contributed by atoms with van der Waals surface area (Å²) in [6, 6.07) is 18.5. The highest BCUT2D eigenvalue weighted by molar-refractivity contribution is 5.69. The summed E-state index contributed by atoms with van der Waals surface area (Å²) in [6.45, 7) is 1.33. The molecule has 22 heavy (non-hydrogen) atoms. The molecule has 0 aliphatic heterocycles. The maximum Gasteiger partial charge on any atom is 0.304 e. The Kier molecular flexibility index (Phi) is 5.31. The van der Waals surface area contributed by atoms with Gasteiger partial charge in [-0.05, 0) is 11.1 Å². The van der Waals surface area contributed by atoms with Crippen LogP contribution in [0.15, 0.2) is 60.7 Å². The third-order valence-corrected chi connectivity index (χ3v) is 3.41. The molecule has 114 valence electrons. The Morgan fingerprint density at radius 1 is 0.955 bits per heavy atom. The normalized spacial score (nSPS) is 13.1. The average molecular weight is 298 g/mol. The van der Waals surface area contributed by atoms with E-state index in [2.05, 4.69) is 0 Å². The quantitative estimate of drug-likeness (QED) is 0.828. The fraction of sp³-hybridized carbons (Fsp3) is 0.222. The Balaban J connectivity index is 2.43. The van der Waals surface area contributed by atoms with Gasteiger partial charge in [0.1, 0.15) is 6.10 Å². The predicted octanol–water partition coefficient (Wildman–Crippen LogP) is 3.55. The summed E-state index contributed by atoms with van der Waals surface area (Å²) in [6.07, 6.45) is -0.742. The van der Waals surface area contributed by atoms with Crippen molar-refractivity contribution < 1.29 is 19.4 Å². The van der Waals surface area contributed by atoms with Crippen LogP contribution in [0.3, 0.4) is 0 Å². The number of carbonyl (C=O) groups excluding carboxylic acids is 1. The van der Waals surface area contributed by atoms with E-state index in [4.69, 9.17) is 4.74 Å². The van der Waals surface area contributed by atoms with Gasteiger partial charge in [-0.25, -0.2) is 0 Å². The molecule has 2 atom stereocenters. The zero-order valence-corrected chi connectivity index (χ0v) is 12.3. The van der Waals surface area contributed by atoms with Crippen LogP contribution in [0.2, 0.25) is 0 Å². The predicted molar refractivity (Wildman–Crippen MR) is 82.4 cm³/mol. The number of rotatable bonds is 6. The number of carboxylic acid groups (broad SMARTS) is 1. The molecule has 0 fully saturated rings. The van der Waals surface area contributed by atoms with Gasteiger partial charge in [0, 0.05) is 12.8 Å². The maximum atomic E-state index is 11.5. The van der Waals surface area contributed by atoms with Crippen LogP contribution in [-0.2, 0) is 14.3 Å². The molecular weight excluding hydrogens is 280 g/mol. The standard InChI is InChI=1S/C18H18O4/c1-13(19)22-18(15-10-6-3-7-11-15)16(12-17(20)21)14-8-4-2-5-9-14/h2-11,16,18H,12H2,1H3,(H,20,21)/t16-,18+/m0/s1. The van der Waals surface area contributed by atoms with Crippen molar-refractivity contribution in [1.82, 2.24) is 0 Å². The number of aliphatic carboxylic acids is 1. The average Bonchev–Trinajstić information content (AvgIpc) is 2.52. The van der Waals surface area contributed by atoms with Crippen LogP contribution in [0.1, 0.15) is 36.5 Å². The second-order valence-corrected chi connectivity index (χ2v) is 5.06. The molecule has 0 saturated heterocycles. The molecule has 2 rings (SSSR count). The van der Waals surface area contributed by atoms with Gasteiger partial charge in [0.15, 0.2) is 0 Å². The van der Waals surface area contributed by atoms with Crippen molar-refractivity contribution in [2.45, 2.75) is 25.4 Å². The number of carboxylic acids is 1. The van der Waals surface area contributed by atoms with E-state index in [1.54, 1.807) is 0 Å². The van der Waals surface area contributed by atoms with Gasteiger partial charge in [-0.1, -0.05) is 60.7 Å². The Bertz CT molecular complexity index is 565. The van der Waals surface area contributed by atoms with Crippen molar-refractivity contribution in [3.63, 3.8) is 0 Å². The van der Waals surface area contributed by atoms with E-state index >= 15 is 0 Å². The highest BCUT2D eigenvalue weighted by atomic mass is 16.5. The lowest BCUT2D eigenvalue weighted by atomic mass is 9.86.